The van der Waals surface area contributed by atoms with Crippen molar-refractivity contribution in [1.82, 2.24) is 0 Å². The number of hydrogen-bond acceptors (Lipinski definition) is 3. The van der Waals surface area contributed by atoms with Crippen LogP contribution in [0.4, 0.5) is 5.69 Å². The van der Waals surface area contributed by atoms with Gasteiger partial charge in [0.25, 0.3) is 0 Å². The molecule has 1 unspecified atom stereocenters. The number of amides is 1. The van der Waals surface area contributed by atoms with Gasteiger partial charge in [0.05, 0.1) is 16.5 Å². The van der Waals surface area contributed by atoms with Gasteiger partial charge in [0.2, 0.25) is 5.91 Å². The van der Waals surface area contributed by atoms with Gasteiger partial charge >= 0.3 is 0 Å². The predicted octanol–water partition coefficient (Wildman–Crippen LogP) is 3.51. The molecule has 0 fully saturated rings. The minimum absolute atomic E-state index is 0.0481. The Morgan fingerprint density at radius 2 is 2.33 bits per heavy atom. The van der Waals surface area contributed by atoms with Crippen LogP contribution in [0.15, 0.2) is 22.7 Å². The van der Waals surface area contributed by atoms with E-state index in [4.69, 9.17) is 17.3 Å². The van der Waals surface area contributed by atoms with Crippen molar-refractivity contribution in [3.8, 4) is 0 Å². The van der Waals surface area contributed by atoms with Crippen LogP contribution in [0.25, 0.3) is 0 Å². The summed E-state index contributed by atoms with van der Waals surface area (Å²) in [5, 5.41) is 3.71. The second-order valence-corrected chi connectivity index (χ2v) is 6.62. The van der Waals surface area contributed by atoms with Crippen LogP contribution in [-0.2, 0) is 4.79 Å². The van der Waals surface area contributed by atoms with Gasteiger partial charge in [0, 0.05) is 9.72 Å². The minimum Gasteiger partial charge on any atom is -0.330 e. The molecule has 3 nitrogen and oxygen atoms in total. The zero-order chi connectivity index (χ0) is 13.5. The van der Waals surface area contributed by atoms with E-state index in [0.717, 1.165) is 10.9 Å². The normalized spacial score (nSPS) is 12.2. The molecule has 0 radical (unpaired) electrons. The molecule has 0 aliphatic carbocycles. The number of benzene rings is 1. The maximum absolute atomic E-state index is 11.7. The van der Waals surface area contributed by atoms with Gasteiger partial charge in [-0.05, 0) is 31.2 Å². The Labute approximate surface area is 125 Å². The topological polar surface area (TPSA) is 55.1 Å². The molecule has 0 spiro atoms. The Bertz CT molecular complexity index is 417. The van der Waals surface area contributed by atoms with Gasteiger partial charge in [-0.15, -0.1) is 11.8 Å². The summed E-state index contributed by atoms with van der Waals surface area (Å²) in [4.78, 5) is 11.7. The summed E-state index contributed by atoms with van der Waals surface area (Å²) in [6, 6.07) is 5.37. The lowest BCUT2D eigenvalue weighted by Gasteiger charge is -2.10. The molecule has 3 N–H and O–H groups in total. The average Bonchev–Trinajstić information content (AvgIpc) is 2.31. The fraction of sp³-hybridized carbons (Fsp3) is 0.417. The molecule has 0 aliphatic heterocycles. The average molecular weight is 352 g/mol. The third kappa shape index (κ3) is 5.61. The molecule has 1 amide bonds. The molecule has 1 aromatic carbocycles. The largest absolute Gasteiger partial charge is 0.330 e. The molecular formula is C12H16BrClN2OS. The van der Waals surface area contributed by atoms with E-state index in [9.17, 15) is 4.79 Å². The fourth-order valence-electron chi connectivity index (χ4n) is 1.31. The molecule has 0 bridgehead atoms. The van der Waals surface area contributed by atoms with E-state index in [2.05, 4.69) is 28.2 Å². The molecule has 0 saturated carbocycles. The van der Waals surface area contributed by atoms with Gasteiger partial charge in [-0.25, -0.2) is 0 Å². The predicted molar refractivity (Wildman–Crippen MR) is 83.4 cm³/mol. The number of thioether (sulfide) groups is 1. The third-order valence-corrected chi connectivity index (χ3v) is 4.32. The molecular weight excluding hydrogens is 336 g/mol. The summed E-state index contributed by atoms with van der Waals surface area (Å²) in [7, 11) is 0. The molecule has 0 aliphatic rings. The van der Waals surface area contributed by atoms with E-state index in [1.54, 1.807) is 23.9 Å². The third-order valence-electron chi connectivity index (χ3n) is 2.28. The van der Waals surface area contributed by atoms with Crippen molar-refractivity contribution in [2.45, 2.75) is 18.6 Å². The highest BCUT2D eigenvalue weighted by molar-refractivity contribution is 9.10. The minimum atomic E-state index is -0.0481. The van der Waals surface area contributed by atoms with Crippen LogP contribution in [0.2, 0.25) is 5.02 Å². The first-order chi connectivity index (χ1) is 8.52. The highest BCUT2D eigenvalue weighted by Gasteiger charge is 2.09. The van der Waals surface area contributed by atoms with Crippen LogP contribution in [0.1, 0.15) is 13.3 Å². The Hall–Kier alpha value is -0.230. The first-order valence-electron chi connectivity index (χ1n) is 5.59. The number of nitrogens with two attached hydrogens (primary N) is 1. The van der Waals surface area contributed by atoms with E-state index in [1.807, 2.05) is 6.07 Å². The highest BCUT2D eigenvalue weighted by atomic mass is 79.9. The highest BCUT2D eigenvalue weighted by Crippen LogP contribution is 2.26. The summed E-state index contributed by atoms with van der Waals surface area (Å²) < 4.78 is 0.886. The number of anilines is 1. The molecule has 6 heteroatoms. The van der Waals surface area contributed by atoms with Gasteiger partial charge in [0.15, 0.2) is 0 Å². The summed E-state index contributed by atoms with van der Waals surface area (Å²) in [6.45, 7) is 2.71. The van der Waals surface area contributed by atoms with Gasteiger partial charge in [-0.1, -0.05) is 34.5 Å². The number of nitrogens with one attached hydrogen (secondary N) is 1. The smallest absolute Gasteiger partial charge is 0.234 e. The maximum atomic E-state index is 11.7. The van der Waals surface area contributed by atoms with E-state index >= 15 is 0 Å². The maximum Gasteiger partial charge on any atom is 0.234 e. The summed E-state index contributed by atoms with van der Waals surface area (Å²) in [5.74, 6) is 0.362. The lowest BCUT2D eigenvalue weighted by molar-refractivity contribution is -0.113. The van der Waals surface area contributed by atoms with Crippen LogP contribution < -0.4 is 11.1 Å². The quantitative estimate of drug-likeness (QED) is 0.824. The van der Waals surface area contributed by atoms with E-state index in [-0.39, 0.29) is 5.91 Å². The van der Waals surface area contributed by atoms with Crippen LogP contribution >= 0.6 is 39.3 Å². The molecule has 100 valence electrons. The molecule has 0 saturated heterocycles. The second-order valence-electron chi connectivity index (χ2n) is 3.87. The summed E-state index contributed by atoms with van der Waals surface area (Å²) in [5.41, 5.74) is 6.09. The molecule has 0 heterocycles. The van der Waals surface area contributed by atoms with Gasteiger partial charge < -0.3 is 11.1 Å². The van der Waals surface area contributed by atoms with E-state index < -0.39 is 0 Å². The Balaban J connectivity index is 2.44. The SMILES string of the molecule is CC(CCN)SCC(=O)Nc1ccc(Br)cc1Cl. The number of carbonyl (C=O) groups excluding carboxylic acids is 1. The zero-order valence-corrected chi connectivity index (χ0v) is 13.2. The van der Waals surface area contributed by atoms with Crippen LogP contribution in [-0.4, -0.2) is 23.5 Å². The first-order valence-corrected chi connectivity index (χ1v) is 7.81. The Morgan fingerprint density at radius 3 is 2.94 bits per heavy atom. The van der Waals surface area contributed by atoms with Crippen LogP contribution in [0, 0.1) is 0 Å². The molecule has 18 heavy (non-hydrogen) atoms. The molecule has 1 rings (SSSR count). The lowest BCUT2D eigenvalue weighted by atomic mass is 10.3. The van der Waals surface area contributed by atoms with Gasteiger partial charge in [-0.2, -0.15) is 0 Å². The summed E-state index contributed by atoms with van der Waals surface area (Å²) >= 11 is 10.9. The molecule has 1 aromatic rings. The molecule has 0 aromatic heterocycles. The van der Waals surface area contributed by atoms with Crippen molar-refractivity contribution in [2.24, 2.45) is 5.73 Å². The van der Waals surface area contributed by atoms with Crippen molar-refractivity contribution < 1.29 is 4.79 Å². The van der Waals surface area contributed by atoms with Gasteiger partial charge in [0.1, 0.15) is 0 Å². The van der Waals surface area contributed by atoms with Crippen molar-refractivity contribution in [3.63, 3.8) is 0 Å². The Kier molecular flexibility index (Phi) is 7.07. The van der Waals surface area contributed by atoms with Crippen molar-refractivity contribution in [2.75, 3.05) is 17.6 Å². The van der Waals surface area contributed by atoms with Gasteiger partial charge in [-0.3, -0.25) is 4.79 Å². The second kappa shape index (κ2) is 8.04. The number of carbonyl (C=O) groups is 1. The first kappa shape index (κ1) is 15.8. The van der Waals surface area contributed by atoms with E-state index in [1.165, 1.54) is 0 Å². The standard InChI is InChI=1S/C12H16BrClN2OS/c1-8(4-5-15)18-7-12(17)16-11-3-2-9(13)6-10(11)14/h2-3,6,8H,4-5,7,15H2,1H3,(H,16,17). The van der Waals surface area contributed by atoms with E-state index in [0.29, 0.717) is 28.3 Å². The van der Waals surface area contributed by atoms with Crippen molar-refractivity contribution in [1.29, 1.82) is 0 Å². The van der Waals surface area contributed by atoms with Crippen molar-refractivity contribution in [3.05, 3.63) is 27.7 Å². The monoisotopic (exact) mass is 350 g/mol. The number of rotatable bonds is 6. The number of hydrogen-bond donors (Lipinski definition) is 2. The zero-order valence-electron chi connectivity index (χ0n) is 10.1. The van der Waals surface area contributed by atoms with Crippen molar-refractivity contribution >= 4 is 50.9 Å². The fourth-order valence-corrected chi connectivity index (χ4v) is 2.84. The molecule has 1 atom stereocenters. The summed E-state index contributed by atoms with van der Waals surface area (Å²) in [6.07, 6.45) is 0.914. The number of halogens is 2. The van der Waals surface area contributed by atoms with Crippen LogP contribution in [0.5, 0.6) is 0 Å². The lowest BCUT2D eigenvalue weighted by Crippen LogP contribution is -2.17. The van der Waals surface area contributed by atoms with Crippen LogP contribution in [0.3, 0.4) is 0 Å². The Morgan fingerprint density at radius 1 is 1.61 bits per heavy atom.